The fourth-order valence-electron chi connectivity index (χ4n) is 13.1. The van der Waals surface area contributed by atoms with Gasteiger partial charge in [-0.3, -0.25) is 0 Å². The Morgan fingerprint density at radius 2 is 0.917 bits per heavy atom. The van der Waals surface area contributed by atoms with Crippen molar-refractivity contribution in [2.24, 2.45) is 0 Å². The van der Waals surface area contributed by atoms with Gasteiger partial charge in [-0.2, -0.15) is 0 Å². The summed E-state index contributed by atoms with van der Waals surface area (Å²) in [6.45, 7) is 38.8. The Balaban J connectivity index is 1.29. The summed E-state index contributed by atoms with van der Waals surface area (Å²) in [4.78, 5) is 5.43. The van der Waals surface area contributed by atoms with Crippen LogP contribution in [-0.2, 0) is 32.5 Å². The summed E-state index contributed by atoms with van der Waals surface area (Å²) in [7, 11) is 0. The molecule has 3 heteroatoms. The van der Waals surface area contributed by atoms with Crippen LogP contribution in [0.15, 0.2) is 133 Å². The number of hydrogen-bond acceptors (Lipinski definition) is 2. The monoisotopic (exact) mass is 947 g/mol. The number of anilines is 6. The summed E-state index contributed by atoms with van der Waals surface area (Å²) < 4.78 is 0. The van der Waals surface area contributed by atoms with Gasteiger partial charge in [0.15, 0.2) is 0 Å². The Morgan fingerprint density at radius 3 is 1.51 bits per heavy atom. The molecule has 0 amide bonds. The maximum atomic E-state index is 2.73. The first-order valence-electron chi connectivity index (χ1n) is 27.3. The van der Waals surface area contributed by atoms with E-state index in [2.05, 4.69) is 254 Å². The second-order valence-corrected chi connectivity index (χ2v) is 27.4. The van der Waals surface area contributed by atoms with Crippen LogP contribution in [0.1, 0.15) is 181 Å². The van der Waals surface area contributed by atoms with Crippen LogP contribution >= 0.6 is 0 Å². The molecule has 0 fully saturated rings. The maximum absolute atomic E-state index is 2.73. The molecular formula is C69H79BN2. The SMILES string of the molecule is CC(C)c1cc2c3c(c1)N(c1ccc(C(C)(C)C)cc1-c1ccccc1-c1ccccc1)c1ccc(C(C)(C)C)cc1B3c1cc3c(cc1N2c1ccc2c(c1)C(C)(C)CCC2(C)C)C(C)(C)CCC3(C)C. The van der Waals surface area contributed by atoms with Crippen molar-refractivity contribution in [3.8, 4) is 22.3 Å². The predicted octanol–water partition coefficient (Wildman–Crippen LogP) is 17.5. The minimum atomic E-state index is -0.0530. The number of benzene rings is 7. The van der Waals surface area contributed by atoms with Gasteiger partial charge in [-0.05, 0) is 185 Å². The third-order valence-electron chi connectivity index (χ3n) is 18.1. The topological polar surface area (TPSA) is 6.48 Å². The van der Waals surface area contributed by atoms with E-state index >= 15 is 0 Å². The van der Waals surface area contributed by atoms with Crippen LogP contribution in [-0.4, -0.2) is 6.71 Å². The van der Waals surface area contributed by atoms with Crippen molar-refractivity contribution < 1.29 is 0 Å². The fourth-order valence-corrected chi connectivity index (χ4v) is 13.1. The van der Waals surface area contributed by atoms with Crippen LogP contribution in [0.4, 0.5) is 34.1 Å². The first kappa shape index (κ1) is 48.5. The molecule has 7 aromatic rings. The van der Waals surface area contributed by atoms with Crippen molar-refractivity contribution in [1.82, 2.24) is 0 Å². The van der Waals surface area contributed by atoms with Crippen LogP contribution < -0.4 is 26.2 Å². The molecule has 2 aliphatic carbocycles. The summed E-state index contributed by atoms with van der Waals surface area (Å²) >= 11 is 0. The molecular weight excluding hydrogens is 868 g/mol. The highest BCUT2D eigenvalue weighted by atomic mass is 15.2. The van der Waals surface area contributed by atoms with E-state index in [1.54, 1.807) is 0 Å². The second-order valence-electron chi connectivity index (χ2n) is 27.4. The van der Waals surface area contributed by atoms with E-state index in [9.17, 15) is 0 Å². The average molecular weight is 947 g/mol. The van der Waals surface area contributed by atoms with E-state index < -0.39 is 0 Å². The number of rotatable bonds is 5. The molecule has 11 rings (SSSR count). The Bertz CT molecular complexity index is 3310. The quantitative estimate of drug-likeness (QED) is 0.159. The summed E-state index contributed by atoms with van der Waals surface area (Å²) in [5.41, 5.74) is 27.1. The summed E-state index contributed by atoms with van der Waals surface area (Å²) in [5, 5.41) is 0. The third kappa shape index (κ3) is 7.73. The fraction of sp³-hybridized carbons (Fsp3) is 0.391. The smallest absolute Gasteiger partial charge is 0.252 e. The first-order valence-corrected chi connectivity index (χ1v) is 27.3. The zero-order valence-electron chi connectivity index (χ0n) is 46.6. The molecule has 0 N–H and O–H groups in total. The summed E-state index contributed by atoms with van der Waals surface area (Å²) in [5.74, 6) is 0.299. The molecule has 0 aromatic heterocycles. The van der Waals surface area contributed by atoms with Gasteiger partial charge in [-0.15, -0.1) is 0 Å². The predicted molar refractivity (Wildman–Crippen MR) is 313 cm³/mol. The minimum absolute atomic E-state index is 0.0176. The van der Waals surface area contributed by atoms with Crippen LogP contribution in [0.2, 0.25) is 0 Å². The molecule has 2 nitrogen and oxygen atoms in total. The molecule has 4 aliphatic rings. The molecule has 2 heterocycles. The zero-order chi connectivity index (χ0) is 51.2. The zero-order valence-corrected chi connectivity index (χ0v) is 46.6. The highest BCUT2D eigenvalue weighted by Crippen LogP contribution is 2.54. The van der Waals surface area contributed by atoms with E-state index in [4.69, 9.17) is 0 Å². The van der Waals surface area contributed by atoms with Gasteiger partial charge >= 0.3 is 0 Å². The van der Waals surface area contributed by atoms with Crippen molar-refractivity contribution in [3.63, 3.8) is 0 Å². The van der Waals surface area contributed by atoms with Gasteiger partial charge in [-0.1, -0.05) is 196 Å². The molecule has 0 saturated heterocycles. The van der Waals surface area contributed by atoms with Crippen LogP contribution in [0.25, 0.3) is 22.3 Å². The van der Waals surface area contributed by atoms with Gasteiger partial charge in [0, 0.05) is 34.0 Å². The molecule has 0 unspecified atom stereocenters. The van der Waals surface area contributed by atoms with Gasteiger partial charge in [0.05, 0.1) is 5.69 Å². The Labute approximate surface area is 434 Å². The molecule has 2 aliphatic heterocycles. The number of fused-ring (bicyclic) bond motifs is 6. The van der Waals surface area contributed by atoms with Crippen LogP contribution in [0, 0.1) is 0 Å². The van der Waals surface area contributed by atoms with E-state index in [0.29, 0.717) is 5.92 Å². The molecule has 0 radical (unpaired) electrons. The normalized spacial score (nSPS) is 18.0. The Morgan fingerprint density at radius 1 is 0.417 bits per heavy atom. The van der Waals surface area contributed by atoms with Gasteiger partial charge < -0.3 is 9.80 Å². The first-order chi connectivity index (χ1) is 33.8. The Hall–Kier alpha value is -5.80. The van der Waals surface area contributed by atoms with Gasteiger partial charge in [0.1, 0.15) is 0 Å². The number of nitrogens with zero attached hydrogens (tertiary/aromatic N) is 2. The van der Waals surface area contributed by atoms with Crippen molar-refractivity contribution in [2.75, 3.05) is 9.80 Å². The molecule has 368 valence electrons. The van der Waals surface area contributed by atoms with Crippen molar-refractivity contribution in [1.29, 1.82) is 0 Å². The van der Waals surface area contributed by atoms with Crippen LogP contribution in [0.3, 0.4) is 0 Å². The van der Waals surface area contributed by atoms with E-state index in [0.717, 1.165) is 0 Å². The van der Waals surface area contributed by atoms with E-state index in [-0.39, 0.29) is 39.2 Å². The summed E-state index contributed by atoms with van der Waals surface area (Å²) in [6, 6.07) is 53.1. The molecule has 0 atom stereocenters. The second kappa shape index (κ2) is 16.4. The molecule has 72 heavy (non-hydrogen) atoms. The lowest BCUT2D eigenvalue weighted by atomic mass is 9.33. The average Bonchev–Trinajstić information content (AvgIpc) is 3.33. The van der Waals surface area contributed by atoms with Gasteiger partial charge in [-0.25, -0.2) is 0 Å². The lowest BCUT2D eigenvalue weighted by Gasteiger charge is -2.48. The Kier molecular flexibility index (Phi) is 11.0. The van der Waals surface area contributed by atoms with Gasteiger partial charge in [0.25, 0.3) is 6.71 Å². The standard InChI is InChI=1S/C69H79BN2/c1-43(2)45-36-61-63-62(37-45)72(58-30-26-46(64(3,4)5)38-51(58)50-25-21-20-24-49(50)44-22-18-17-19-23-44)59-31-27-47(65(6,7)8)39-56(59)70(63)57-41-54-55(69(15,16)35-34-68(54,13)14)42-60(57)71(61)48-28-29-52-53(40-48)67(11,12)33-32-66(52,9)10/h17-31,36-43H,32-35H2,1-16H3. The van der Waals surface area contributed by atoms with E-state index in [1.165, 1.54) is 137 Å². The van der Waals surface area contributed by atoms with Crippen molar-refractivity contribution in [3.05, 3.63) is 172 Å². The minimum Gasteiger partial charge on any atom is -0.311 e. The highest BCUT2D eigenvalue weighted by Gasteiger charge is 2.48. The largest absolute Gasteiger partial charge is 0.311 e. The molecule has 7 aromatic carbocycles. The van der Waals surface area contributed by atoms with Gasteiger partial charge in [0.2, 0.25) is 0 Å². The molecule has 0 bridgehead atoms. The van der Waals surface area contributed by atoms with Crippen LogP contribution in [0.5, 0.6) is 0 Å². The molecule has 0 spiro atoms. The highest BCUT2D eigenvalue weighted by molar-refractivity contribution is 7.00. The number of hydrogen-bond donors (Lipinski definition) is 0. The third-order valence-corrected chi connectivity index (χ3v) is 18.1. The molecule has 0 saturated carbocycles. The van der Waals surface area contributed by atoms with E-state index in [1.807, 2.05) is 0 Å². The maximum Gasteiger partial charge on any atom is 0.252 e. The van der Waals surface area contributed by atoms with Crippen molar-refractivity contribution in [2.45, 2.75) is 175 Å². The lowest BCUT2D eigenvalue weighted by Crippen LogP contribution is -2.62. The van der Waals surface area contributed by atoms with Crippen molar-refractivity contribution >= 4 is 57.2 Å². The lowest BCUT2D eigenvalue weighted by molar-refractivity contribution is 0.332. The summed E-state index contributed by atoms with van der Waals surface area (Å²) in [6.07, 6.45) is 4.72.